The molecule has 5 atom stereocenters. The van der Waals surface area contributed by atoms with Crippen LogP contribution < -0.4 is 21.7 Å². The van der Waals surface area contributed by atoms with Gasteiger partial charge in [0, 0.05) is 12.2 Å². The van der Waals surface area contributed by atoms with Gasteiger partial charge in [0.05, 0.1) is 12.7 Å². The summed E-state index contributed by atoms with van der Waals surface area (Å²) >= 11 is 3.91. The van der Waals surface area contributed by atoms with Gasteiger partial charge in [-0.3, -0.25) is 19.2 Å². The molecule has 0 aromatic heterocycles. The fourth-order valence-corrected chi connectivity index (χ4v) is 2.20. The molecule has 0 fully saturated rings. The fraction of sp³-hybridized carbons (Fsp3) is 0.667. The molecule has 0 aromatic carbocycles. The van der Waals surface area contributed by atoms with Crippen molar-refractivity contribution in [3.63, 3.8) is 0 Å². The van der Waals surface area contributed by atoms with Gasteiger partial charge in [-0.1, -0.05) is 0 Å². The predicted octanol–water partition coefficient (Wildman–Crippen LogP) is -3.98. The number of rotatable bonds is 13. The molecule has 13 nitrogen and oxygen atoms in total. The summed E-state index contributed by atoms with van der Waals surface area (Å²) in [6.07, 6.45) is -2.12. The molecule has 0 spiro atoms. The second-order valence-corrected chi connectivity index (χ2v) is 6.45. The Bertz CT molecular complexity index is 617. The van der Waals surface area contributed by atoms with Crippen LogP contribution in [0.1, 0.15) is 19.8 Å². The summed E-state index contributed by atoms with van der Waals surface area (Å²) in [6, 6.07) is -5.69. The van der Waals surface area contributed by atoms with E-state index in [1.54, 1.807) is 0 Å². The monoisotopic (exact) mass is 438 g/mol. The van der Waals surface area contributed by atoms with E-state index in [2.05, 4.69) is 23.3 Å². The average Bonchev–Trinajstić information content (AvgIpc) is 2.65. The van der Waals surface area contributed by atoms with Gasteiger partial charge in [-0.25, -0.2) is 4.79 Å². The Kier molecular flexibility index (Phi) is 11.8. The van der Waals surface area contributed by atoms with E-state index in [1.807, 2.05) is 5.32 Å². The number of hydrogen-bond acceptors (Lipinski definition) is 9. The minimum atomic E-state index is -1.57. The van der Waals surface area contributed by atoms with Crippen molar-refractivity contribution in [3.8, 4) is 0 Å². The van der Waals surface area contributed by atoms with E-state index in [0.717, 1.165) is 0 Å². The maximum absolute atomic E-state index is 12.2. The van der Waals surface area contributed by atoms with Crippen LogP contribution in [-0.2, 0) is 24.0 Å². The largest absolute Gasteiger partial charge is 0.481 e. The second kappa shape index (κ2) is 12.9. The van der Waals surface area contributed by atoms with Gasteiger partial charge in [0.2, 0.25) is 17.7 Å². The highest BCUT2D eigenvalue weighted by Crippen LogP contribution is 2.00. The Morgan fingerprint density at radius 1 is 0.931 bits per heavy atom. The summed E-state index contributed by atoms with van der Waals surface area (Å²) in [5.41, 5.74) is 5.45. The van der Waals surface area contributed by atoms with Crippen LogP contribution in [0.3, 0.4) is 0 Å². The second-order valence-electron chi connectivity index (χ2n) is 6.09. The SMILES string of the molecule is CC(O)C(N)C(=O)NC(CS)C(=O)NC(CO)C(=O)NC(CCC(=O)O)C(=O)O. The van der Waals surface area contributed by atoms with Gasteiger partial charge in [0.25, 0.3) is 0 Å². The van der Waals surface area contributed by atoms with Crippen molar-refractivity contribution >= 4 is 42.3 Å². The number of aliphatic hydroxyl groups excluding tert-OH is 2. The molecule has 14 heteroatoms. The van der Waals surface area contributed by atoms with Gasteiger partial charge in [-0.15, -0.1) is 0 Å². The van der Waals surface area contributed by atoms with Gasteiger partial charge >= 0.3 is 11.9 Å². The summed E-state index contributed by atoms with van der Waals surface area (Å²) < 4.78 is 0. The number of amides is 3. The molecule has 9 N–H and O–H groups in total. The Labute approximate surface area is 171 Å². The molecule has 0 aliphatic rings. The number of carbonyl (C=O) groups is 5. The molecule has 0 heterocycles. The lowest BCUT2D eigenvalue weighted by Crippen LogP contribution is -2.59. The van der Waals surface area contributed by atoms with E-state index >= 15 is 0 Å². The van der Waals surface area contributed by atoms with Crippen molar-refractivity contribution in [1.82, 2.24) is 16.0 Å². The highest BCUT2D eigenvalue weighted by atomic mass is 32.1. The molecule has 0 aromatic rings. The number of nitrogens with one attached hydrogen (secondary N) is 3. The summed E-state index contributed by atoms with van der Waals surface area (Å²) in [4.78, 5) is 57.9. The number of aliphatic hydroxyl groups is 2. The maximum atomic E-state index is 12.2. The van der Waals surface area contributed by atoms with Crippen molar-refractivity contribution in [2.45, 2.75) is 50.0 Å². The Hall–Kier alpha value is -2.42. The van der Waals surface area contributed by atoms with Gasteiger partial charge in [0.15, 0.2) is 0 Å². The lowest BCUT2D eigenvalue weighted by Gasteiger charge is -2.23. The van der Waals surface area contributed by atoms with Gasteiger partial charge < -0.3 is 42.1 Å². The summed E-state index contributed by atoms with van der Waals surface area (Å²) in [5, 5.41) is 42.7. The molecule has 0 saturated carbocycles. The first kappa shape index (κ1) is 26.6. The van der Waals surface area contributed by atoms with Gasteiger partial charge in [-0.2, -0.15) is 12.6 Å². The summed E-state index contributed by atoms with van der Waals surface area (Å²) in [5.74, 6) is -5.80. The maximum Gasteiger partial charge on any atom is 0.326 e. The molecule has 0 aliphatic carbocycles. The van der Waals surface area contributed by atoms with Gasteiger partial charge in [0.1, 0.15) is 24.2 Å². The zero-order chi connectivity index (χ0) is 22.7. The molecule has 5 unspecified atom stereocenters. The molecular weight excluding hydrogens is 412 g/mol. The number of hydrogen-bond donors (Lipinski definition) is 9. The molecule has 0 bridgehead atoms. The first-order chi connectivity index (χ1) is 13.4. The third kappa shape index (κ3) is 9.56. The number of thiol groups is 1. The minimum absolute atomic E-state index is 0.208. The zero-order valence-electron chi connectivity index (χ0n) is 15.6. The van der Waals surface area contributed by atoms with Crippen molar-refractivity contribution in [2.24, 2.45) is 5.73 Å². The summed E-state index contributed by atoms with van der Waals surface area (Å²) in [7, 11) is 0. The molecule has 0 radical (unpaired) electrons. The third-order valence-electron chi connectivity index (χ3n) is 3.72. The highest BCUT2D eigenvalue weighted by molar-refractivity contribution is 7.80. The molecule has 0 aliphatic heterocycles. The quantitative estimate of drug-likeness (QED) is 0.127. The zero-order valence-corrected chi connectivity index (χ0v) is 16.5. The van der Waals surface area contributed by atoms with Gasteiger partial charge in [-0.05, 0) is 13.3 Å². The molecule has 0 saturated heterocycles. The van der Waals surface area contributed by atoms with E-state index in [9.17, 15) is 34.2 Å². The number of carbonyl (C=O) groups excluding carboxylic acids is 3. The average molecular weight is 438 g/mol. The van der Waals surface area contributed by atoms with Crippen LogP contribution in [0.15, 0.2) is 0 Å². The smallest absolute Gasteiger partial charge is 0.326 e. The lowest BCUT2D eigenvalue weighted by atomic mass is 10.1. The molecule has 3 amide bonds. The van der Waals surface area contributed by atoms with Crippen LogP contribution in [0.4, 0.5) is 0 Å². The van der Waals surface area contributed by atoms with E-state index < -0.39 is 79.4 Å². The van der Waals surface area contributed by atoms with Crippen molar-refractivity contribution in [3.05, 3.63) is 0 Å². The van der Waals surface area contributed by atoms with Crippen LogP contribution in [0.5, 0.6) is 0 Å². The normalized spacial score (nSPS) is 15.9. The van der Waals surface area contributed by atoms with Crippen LogP contribution in [-0.4, -0.2) is 92.7 Å². The minimum Gasteiger partial charge on any atom is -0.481 e. The third-order valence-corrected chi connectivity index (χ3v) is 4.08. The molecular formula is C15H26N4O9S. The Morgan fingerprint density at radius 3 is 1.83 bits per heavy atom. The van der Waals surface area contributed by atoms with Crippen LogP contribution in [0, 0.1) is 0 Å². The topological polar surface area (TPSA) is 228 Å². The fourth-order valence-electron chi connectivity index (χ4n) is 1.95. The number of carboxylic acids is 2. The van der Waals surface area contributed by atoms with E-state index in [0.29, 0.717) is 0 Å². The Balaban J connectivity index is 5.01. The molecule has 0 rings (SSSR count). The highest BCUT2D eigenvalue weighted by Gasteiger charge is 2.30. The predicted molar refractivity (Wildman–Crippen MR) is 101 cm³/mol. The number of nitrogens with two attached hydrogens (primary N) is 1. The summed E-state index contributed by atoms with van der Waals surface area (Å²) in [6.45, 7) is 0.374. The van der Waals surface area contributed by atoms with E-state index in [4.69, 9.17) is 15.9 Å². The molecule has 29 heavy (non-hydrogen) atoms. The number of carboxylic acid groups (broad SMARTS) is 2. The van der Waals surface area contributed by atoms with E-state index in [1.165, 1.54) is 6.92 Å². The first-order valence-electron chi connectivity index (χ1n) is 8.45. The van der Waals surface area contributed by atoms with Crippen molar-refractivity contribution < 1.29 is 44.4 Å². The Morgan fingerprint density at radius 2 is 1.41 bits per heavy atom. The molecule has 166 valence electrons. The van der Waals surface area contributed by atoms with Crippen LogP contribution in [0.2, 0.25) is 0 Å². The lowest BCUT2D eigenvalue weighted by molar-refractivity contribution is -0.143. The van der Waals surface area contributed by atoms with Crippen molar-refractivity contribution in [2.75, 3.05) is 12.4 Å². The van der Waals surface area contributed by atoms with E-state index in [-0.39, 0.29) is 5.75 Å². The van der Waals surface area contributed by atoms with Crippen molar-refractivity contribution in [1.29, 1.82) is 0 Å². The first-order valence-corrected chi connectivity index (χ1v) is 9.08. The number of aliphatic carboxylic acids is 2. The van der Waals surface area contributed by atoms with Crippen LogP contribution in [0.25, 0.3) is 0 Å². The van der Waals surface area contributed by atoms with Crippen LogP contribution >= 0.6 is 12.6 Å². The standard InChI is InChI=1S/C15H26N4O9S/c1-6(21)11(16)14(26)19-9(5-29)13(25)18-8(4-20)12(24)17-7(15(27)28)2-3-10(22)23/h6-9,11,20-21,29H,2-5,16H2,1H3,(H,17,24)(H,18,25)(H,19,26)(H,22,23)(H,27,28).